The van der Waals surface area contributed by atoms with Crippen LogP contribution in [0.4, 0.5) is 0 Å². The van der Waals surface area contributed by atoms with E-state index in [1.807, 2.05) is 0 Å². The second kappa shape index (κ2) is 17.5. The maximum absolute atomic E-state index is 0. The second-order valence-corrected chi connectivity index (χ2v) is 0. The van der Waals surface area contributed by atoms with Gasteiger partial charge < -0.3 is 11.0 Å². The van der Waals surface area contributed by atoms with Crippen molar-refractivity contribution >= 4 is 0 Å². The van der Waals surface area contributed by atoms with Crippen LogP contribution in [-0.2, 0) is 43.7 Å². The van der Waals surface area contributed by atoms with Gasteiger partial charge in [0.1, 0.15) is 0 Å². The van der Waals surface area contributed by atoms with Gasteiger partial charge in [0, 0.05) is 0 Å². The zero-order chi connectivity index (χ0) is 0. The molecule has 0 N–H and O–H groups in total. The predicted octanol–water partition coefficient (Wildman–Crippen LogP) is -0.240. The first-order valence-electron chi connectivity index (χ1n) is 0. The van der Waals surface area contributed by atoms with Crippen LogP contribution >= 0.6 is 0 Å². The van der Waals surface area contributed by atoms with E-state index in [0.717, 1.165) is 0 Å². The van der Waals surface area contributed by atoms with Crippen LogP contribution in [0.1, 0.15) is 0 Å². The van der Waals surface area contributed by atoms with E-state index in [9.17, 15) is 0 Å². The standard InChI is InChI=1S/Eu.2O.Y/q+3;2*-2;+3. The molecule has 2 nitrogen and oxygen atoms in total. The van der Waals surface area contributed by atoms with Crippen LogP contribution in [0.5, 0.6) is 0 Å². The second-order valence-electron chi connectivity index (χ2n) is 0. The largest absolute Gasteiger partial charge is 3.00 e. The van der Waals surface area contributed by atoms with Crippen molar-refractivity contribution in [1.82, 2.24) is 0 Å². The van der Waals surface area contributed by atoms with Crippen molar-refractivity contribution in [3.8, 4) is 0 Å². The third kappa shape index (κ3) is 8.82. The summed E-state index contributed by atoms with van der Waals surface area (Å²) >= 11 is 0. The van der Waals surface area contributed by atoms with Crippen molar-refractivity contribution in [2.75, 3.05) is 0 Å². The smallest absolute Gasteiger partial charge is 2.00 e. The van der Waals surface area contributed by atoms with E-state index in [4.69, 9.17) is 0 Å². The summed E-state index contributed by atoms with van der Waals surface area (Å²) in [6.07, 6.45) is 0. The molecule has 0 atom stereocenters. The minimum Gasteiger partial charge on any atom is -2.00 e. The summed E-state index contributed by atoms with van der Waals surface area (Å²) in [6.45, 7) is 0. The summed E-state index contributed by atoms with van der Waals surface area (Å²) in [5, 5.41) is 0. The van der Waals surface area contributed by atoms with Gasteiger partial charge in [-0.15, -0.1) is 0 Å². The predicted molar refractivity (Wildman–Crippen MR) is 1.37 cm³/mol. The van der Waals surface area contributed by atoms with Gasteiger partial charge in [0.15, 0.2) is 0 Å². The molecule has 0 aliphatic carbocycles. The van der Waals surface area contributed by atoms with Crippen molar-refractivity contribution < 1.29 is 93.0 Å². The summed E-state index contributed by atoms with van der Waals surface area (Å²) < 4.78 is 0. The van der Waals surface area contributed by atoms with E-state index in [1.54, 1.807) is 0 Å². The van der Waals surface area contributed by atoms with Crippen LogP contribution in [0.25, 0.3) is 0 Å². The molecule has 0 aliphatic rings. The molecule has 0 amide bonds. The van der Waals surface area contributed by atoms with E-state index in [1.165, 1.54) is 0 Å². The Labute approximate surface area is 90.8 Å². The van der Waals surface area contributed by atoms with Crippen LogP contribution in [-0.4, -0.2) is 0 Å². The van der Waals surface area contributed by atoms with Crippen molar-refractivity contribution in [1.29, 1.82) is 0 Å². The number of hydrogen-bond acceptors (Lipinski definition) is 0. The molecule has 0 spiro atoms. The maximum atomic E-state index is 0. The van der Waals surface area contributed by atoms with Gasteiger partial charge in [-0.3, -0.25) is 0 Å². The van der Waals surface area contributed by atoms with Crippen LogP contribution in [0.2, 0.25) is 0 Å². The summed E-state index contributed by atoms with van der Waals surface area (Å²) in [5.74, 6) is 0. The topological polar surface area (TPSA) is 57.0 Å². The molecule has 4 heavy (non-hydrogen) atoms. The fourth-order valence-electron chi connectivity index (χ4n) is 0. The Balaban J connectivity index is 0. The van der Waals surface area contributed by atoms with Gasteiger partial charge in [-0.1, -0.05) is 0 Å². The Bertz CT molecular complexity index is 6.00. The Morgan fingerprint density at radius 3 is 0.750 bits per heavy atom. The van der Waals surface area contributed by atoms with Gasteiger partial charge >= 0.3 is 82.1 Å². The van der Waals surface area contributed by atoms with Gasteiger partial charge in [-0.2, -0.15) is 0 Å². The van der Waals surface area contributed by atoms with Gasteiger partial charge in [0.2, 0.25) is 0 Å². The molecular formula is EuO2Y+2. The van der Waals surface area contributed by atoms with Gasteiger partial charge in [-0.25, -0.2) is 0 Å². The molecule has 0 aromatic rings. The van der Waals surface area contributed by atoms with Crippen molar-refractivity contribution in [2.45, 2.75) is 0 Å². The quantitative estimate of drug-likeness (QED) is 0.585. The fraction of sp³-hybridized carbons (Fsp3) is 0. The molecule has 0 unspecified atom stereocenters. The molecule has 0 saturated heterocycles. The monoisotopic (exact) mass is 274 g/mol. The van der Waals surface area contributed by atoms with Gasteiger partial charge in [-0.05, 0) is 0 Å². The minimum absolute atomic E-state index is 0. The van der Waals surface area contributed by atoms with Crippen LogP contribution in [0.15, 0.2) is 0 Å². The zero-order valence-electron chi connectivity index (χ0n) is 1.77. The zero-order valence-corrected chi connectivity index (χ0v) is 7.04. The summed E-state index contributed by atoms with van der Waals surface area (Å²) in [5.41, 5.74) is 0. The Kier molecular flexibility index (Phi) is 134. The van der Waals surface area contributed by atoms with Crippen molar-refractivity contribution in [3.05, 3.63) is 0 Å². The average molecular weight is 273 g/mol. The van der Waals surface area contributed by atoms with Gasteiger partial charge in [0.05, 0.1) is 0 Å². The fourth-order valence-corrected chi connectivity index (χ4v) is 0. The van der Waals surface area contributed by atoms with Crippen LogP contribution < -0.4 is 0 Å². The normalized spacial score (nSPS) is 0. The summed E-state index contributed by atoms with van der Waals surface area (Å²) in [7, 11) is 0. The van der Waals surface area contributed by atoms with E-state index in [2.05, 4.69) is 0 Å². The molecule has 0 rings (SSSR count). The van der Waals surface area contributed by atoms with Crippen LogP contribution in [0.3, 0.4) is 0 Å². The third-order valence-corrected chi connectivity index (χ3v) is 0. The van der Waals surface area contributed by atoms with E-state index in [0.29, 0.717) is 0 Å². The number of rotatable bonds is 0. The first kappa shape index (κ1) is 30.6. The molecule has 0 radical (unpaired) electrons. The van der Waals surface area contributed by atoms with Crippen molar-refractivity contribution in [3.63, 3.8) is 0 Å². The minimum atomic E-state index is 0. The molecule has 0 fully saturated rings. The maximum Gasteiger partial charge on any atom is 3.00 e. The van der Waals surface area contributed by atoms with Crippen molar-refractivity contribution in [2.24, 2.45) is 0 Å². The first-order chi connectivity index (χ1) is 0. The Morgan fingerprint density at radius 1 is 0.750 bits per heavy atom. The third-order valence-electron chi connectivity index (χ3n) is 0. The average Bonchev–Trinajstić information content (AvgIpc) is 0. The van der Waals surface area contributed by atoms with E-state index >= 15 is 0 Å². The molecule has 4 heteroatoms. The molecule has 0 heterocycles. The Morgan fingerprint density at radius 2 is 0.750 bits per heavy atom. The molecule has 0 bridgehead atoms. The summed E-state index contributed by atoms with van der Waals surface area (Å²) in [4.78, 5) is 0. The Hall–Kier alpha value is 2.61. The summed E-state index contributed by atoms with van der Waals surface area (Å²) in [6, 6.07) is 0. The van der Waals surface area contributed by atoms with E-state index < -0.39 is 0 Å². The first-order valence-corrected chi connectivity index (χ1v) is 0. The molecular weight excluding hydrogens is 273 g/mol. The molecule has 0 aliphatic heterocycles. The van der Waals surface area contributed by atoms with Crippen LogP contribution in [0, 0.1) is 49.4 Å². The van der Waals surface area contributed by atoms with Gasteiger partial charge in [0.25, 0.3) is 0 Å². The molecule has 20 valence electrons. The molecule has 0 aromatic carbocycles. The SMILES string of the molecule is [Eu+3].[O-2].[O-2].[Y+3]. The molecule has 0 aromatic heterocycles. The number of hydrogen-bond donors (Lipinski definition) is 0. The molecule has 0 saturated carbocycles. The van der Waals surface area contributed by atoms with E-state index in [-0.39, 0.29) is 93.0 Å².